The minimum absolute atomic E-state index is 0.0345. The molecule has 33 heavy (non-hydrogen) atoms. The Labute approximate surface area is 193 Å². The summed E-state index contributed by atoms with van der Waals surface area (Å²) in [7, 11) is -1.39. The highest BCUT2D eigenvalue weighted by molar-refractivity contribution is 7.90. The van der Waals surface area contributed by atoms with Crippen molar-refractivity contribution in [2.75, 3.05) is 27.9 Å². The fraction of sp³-hybridized carbons (Fsp3) is 0.333. The molecule has 2 aromatic carbocycles. The van der Waals surface area contributed by atoms with Crippen LogP contribution >= 0.6 is 0 Å². The predicted molar refractivity (Wildman–Crippen MR) is 125 cm³/mol. The molecule has 0 saturated heterocycles. The number of hydrogen-bond donors (Lipinski definition) is 2. The van der Waals surface area contributed by atoms with Gasteiger partial charge in [0.25, 0.3) is 10.0 Å². The lowest BCUT2D eigenvalue weighted by Gasteiger charge is -2.21. The zero-order valence-corrected chi connectivity index (χ0v) is 19.8. The SMILES string of the molecule is COc1cc(OC)c2c(c1)C(N(CC(C)C)/N=C/c1ccc(B(O)O)c(OC)c1)=NS2(=O)=O. The Balaban J connectivity index is 2.07. The molecule has 0 bridgehead atoms. The summed E-state index contributed by atoms with van der Waals surface area (Å²) < 4.78 is 45.5. The minimum atomic E-state index is -4.00. The molecule has 3 rings (SSSR count). The quantitative estimate of drug-likeness (QED) is 0.326. The molecule has 0 spiro atoms. The van der Waals surface area contributed by atoms with E-state index in [2.05, 4.69) is 9.50 Å². The van der Waals surface area contributed by atoms with E-state index in [-0.39, 0.29) is 33.6 Å². The summed E-state index contributed by atoms with van der Waals surface area (Å²) in [6.07, 6.45) is 1.52. The number of hydrazone groups is 1. The van der Waals surface area contributed by atoms with Gasteiger partial charge in [0, 0.05) is 23.6 Å². The number of rotatable bonds is 8. The maximum atomic E-state index is 12.8. The van der Waals surface area contributed by atoms with Gasteiger partial charge in [-0.2, -0.15) is 13.5 Å². The average Bonchev–Trinajstić information content (AvgIpc) is 3.05. The monoisotopic (exact) mass is 475 g/mol. The van der Waals surface area contributed by atoms with Crippen LogP contribution in [-0.2, 0) is 10.0 Å². The molecular formula is C21H26BN3O7S. The molecule has 176 valence electrons. The number of hydrogen-bond acceptors (Lipinski definition) is 9. The Morgan fingerprint density at radius 2 is 1.79 bits per heavy atom. The number of ether oxygens (including phenoxy) is 3. The van der Waals surface area contributed by atoms with Crippen LogP contribution in [0.5, 0.6) is 17.2 Å². The van der Waals surface area contributed by atoms with Gasteiger partial charge < -0.3 is 24.3 Å². The third-order valence-electron chi connectivity index (χ3n) is 4.85. The topological polar surface area (TPSA) is 130 Å². The molecule has 0 aliphatic carbocycles. The van der Waals surface area contributed by atoms with Gasteiger partial charge in [-0.3, -0.25) is 0 Å². The molecule has 0 aromatic heterocycles. The van der Waals surface area contributed by atoms with Gasteiger partial charge in [0.2, 0.25) is 0 Å². The first kappa shape index (κ1) is 24.6. The van der Waals surface area contributed by atoms with Crippen LogP contribution < -0.4 is 19.7 Å². The van der Waals surface area contributed by atoms with E-state index < -0.39 is 17.1 Å². The van der Waals surface area contributed by atoms with Crippen molar-refractivity contribution in [3.63, 3.8) is 0 Å². The van der Waals surface area contributed by atoms with Gasteiger partial charge >= 0.3 is 7.12 Å². The normalized spacial score (nSPS) is 14.2. The molecule has 2 aromatic rings. The molecular weight excluding hydrogens is 449 g/mol. The maximum absolute atomic E-state index is 12.8. The van der Waals surface area contributed by atoms with E-state index >= 15 is 0 Å². The number of benzene rings is 2. The summed E-state index contributed by atoms with van der Waals surface area (Å²) in [5, 5.41) is 24.9. The van der Waals surface area contributed by atoms with Gasteiger partial charge in [0.1, 0.15) is 22.1 Å². The predicted octanol–water partition coefficient (Wildman–Crippen LogP) is 0.833. The van der Waals surface area contributed by atoms with Gasteiger partial charge in [0.05, 0.1) is 27.5 Å². The maximum Gasteiger partial charge on any atom is 0.492 e. The lowest BCUT2D eigenvalue weighted by atomic mass is 9.79. The lowest BCUT2D eigenvalue weighted by molar-refractivity contribution is 0.380. The third-order valence-corrected chi connectivity index (χ3v) is 6.20. The molecule has 1 heterocycles. The van der Waals surface area contributed by atoms with E-state index in [4.69, 9.17) is 14.2 Å². The Morgan fingerprint density at radius 3 is 2.36 bits per heavy atom. The van der Waals surface area contributed by atoms with Crippen LogP contribution in [0.15, 0.2) is 44.7 Å². The largest absolute Gasteiger partial charge is 0.497 e. The summed E-state index contributed by atoms with van der Waals surface area (Å²) >= 11 is 0. The number of amidine groups is 1. The van der Waals surface area contributed by atoms with Gasteiger partial charge in [-0.15, -0.1) is 4.40 Å². The van der Waals surface area contributed by atoms with Crippen molar-refractivity contribution in [2.24, 2.45) is 15.4 Å². The van der Waals surface area contributed by atoms with E-state index in [1.165, 1.54) is 44.7 Å². The van der Waals surface area contributed by atoms with Gasteiger partial charge in [0.15, 0.2) is 5.84 Å². The number of fused-ring (bicyclic) bond motifs is 1. The van der Waals surface area contributed by atoms with Crippen LogP contribution in [0.2, 0.25) is 0 Å². The van der Waals surface area contributed by atoms with E-state index in [1.807, 2.05) is 13.8 Å². The first-order valence-electron chi connectivity index (χ1n) is 10.1. The van der Waals surface area contributed by atoms with Crippen molar-refractivity contribution in [1.82, 2.24) is 5.01 Å². The van der Waals surface area contributed by atoms with Crippen molar-refractivity contribution in [2.45, 2.75) is 18.7 Å². The van der Waals surface area contributed by atoms with E-state index in [1.54, 1.807) is 18.2 Å². The fourth-order valence-electron chi connectivity index (χ4n) is 3.37. The molecule has 0 fully saturated rings. The summed E-state index contributed by atoms with van der Waals surface area (Å²) in [6.45, 7) is 4.33. The molecule has 1 aliphatic rings. The Hall–Kier alpha value is -3.09. The van der Waals surface area contributed by atoms with Crippen LogP contribution in [0.4, 0.5) is 0 Å². The van der Waals surface area contributed by atoms with Crippen molar-refractivity contribution >= 4 is 34.7 Å². The highest BCUT2D eigenvalue weighted by Crippen LogP contribution is 2.39. The van der Waals surface area contributed by atoms with E-state index in [9.17, 15) is 18.5 Å². The summed E-state index contributed by atoms with van der Waals surface area (Å²) in [4.78, 5) is -0.0345. The molecule has 12 heteroatoms. The standard InChI is InChI=1S/C21H26BN3O7S/c1-13(2)12-25(23-11-14-6-7-17(22(26)27)18(8-14)31-4)21-16-9-15(30-3)10-19(32-5)20(16)33(28,29)24-21/h6-11,13,26-27H,12H2,1-5H3/b23-11+. The summed E-state index contributed by atoms with van der Waals surface area (Å²) in [5.74, 6) is 1.13. The van der Waals surface area contributed by atoms with Crippen LogP contribution in [0.3, 0.4) is 0 Å². The van der Waals surface area contributed by atoms with Crippen LogP contribution in [-0.4, -0.2) is 70.5 Å². The second-order valence-electron chi connectivity index (χ2n) is 7.69. The second-order valence-corrected chi connectivity index (χ2v) is 9.23. The number of methoxy groups -OCH3 is 3. The molecule has 0 saturated carbocycles. The zero-order valence-electron chi connectivity index (χ0n) is 19.0. The number of nitrogens with zero attached hydrogens (tertiary/aromatic N) is 3. The van der Waals surface area contributed by atoms with Crippen LogP contribution in [0.1, 0.15) is 25.0 Å². The first-order chi connectivity index (χ1) is 15.6. The Bertz CT molecular complexity index is 1200. The van der Waals surface area contributed by atoms with Crippen molar-refractivity contribution in [3.05, 3.63) is 41.5 Å². The molecule has 10 nitrogen and oxygen atoms in total. The summed E-state index contributed by atoms with van der Waals surface area (Å²) in [6, 6.07) is 7.83. The average molecular weight is 475 g/mol. The molecule has 2 N–H and O–H groups in total. The van der Waals surface area contributed by atoms with Crippen LogP contribution in [0.25, 0.3) is 0 Å². The lowest BCUT2D eigenvalue weighted by Crippen LogP contribution is -2.31. The van der Waals surface area contributed by atoms with E-state index in [0.29, 0.717) is 23.4 Å². The van der Waals surface area contributed by atoms with Gasteiger partial charge in [-0.05, 0) is 23.6 Å². The van der Waals surface area contributed by atoms with Crippen LogP contribution in [0, 0.1) is 5.92 Å². The Morgan fingerprint density at radius 1 is 1.09 bits per heavy atom. The molecule has 0 unspecified atom stereocenters. The van der Waals surface area contributed by atoms with Crippen molar-refractivity contribution in [3.8, 4) is 17.2 Å². The smallest absolute Gasteiger partial charge is 0.492 e. The first-order valence-corrected chi connectivity index (χ1v) is 11.5. The molecule has 0 atom stereocenters. The van der Waals surface area contributed by atoms with Gasteiger partial charge in [-0.1, -0.05) is 26.0 Å². The summed E-state index contributed by atoms with van der Waals surface area (Å²) in [5.41, 5.74) is 1.16. The number of sulfonamides is 1. The highest BCUT2D eigenvalue weighted by atomic mass is 32.2. The van der Waals surface area contributed by atoms with Crippen molar-refractivity contribution < 1.29 is 32.7 Å². The minimum Gasteiger partial charge on any atom is -0.497 e. The molecule has 1 aliphatic heterocycles. The van der Waals surface area contributed by atoms with Gasteiger partial charge in [-0.25, -0.2) is 5.01 Å². The third kappa shape index (κ3) is 5.13. The van der Waals surface area contributed by atoms with Crippen molar-refractivity contribution in [1.29, 1.82) is 0 Å². The molecule has 0 radical (unpaired) electrons. The Kier molecular flexibility index (Phi) is 7.30. The molecule has 0 amide bonds. The second kappa shape index (κ2) is 9.81. The van der Waals surface area contributed by atoms with E-state index in [0.717, 1.165) is 0 Å². The highest BCUT2D eigenvalue weighted by Gasteiger charge is 2.36. The zero-order chi connectivity index (χ0) is 24.3. The fourth-order valence-corrected chi connectivity index (χ4v) is 4.70.